The van der Waals surface area contributed by atoms with E-state index in [0.29, 0.717) is 6.61 Å². The number of ether oxygens (including phenoxy) is 1. The van der Waals surface area contributed by atoms with Crippen LogP contribution in [-0.4, -0.2) is 6.61 Å². The first-order chi connectivity index (χ1) is 11.3. The molecule has 1 aromatic rings. The second-order valence-corrected chi connectivity index (χ2v) is 7.16. The number of aryl methyl sites for hydroxylation is 1. The lowest BCUT2D eigenvalue weighted by Crippen LogP contribution is -2.15. The molecule has 1 aliphatic carbocycles. The predicted molar refractivity (Wildman–Crippen MR) is 100 cm³/mol. The molecule has 1 heteroatoms. The van der Waals surface area contributed by atoms with Gasteiger partial charge in [-0.05, 0) is 42.4 Å². The Morgan fingerprint density at radius 3 is 2.26 bits per heavy atom. The molecule has 1 fully saturated rings. The van der Waals surface area contributed by atoms with Crippen LogP contribution in [0.4, 0.5) is 0 Å². The lowest BCUT2D eigenvalue weighted by atomic mass is 9.78. The molecule has 0 amide bonds. The van der Waals surface area contributed by atoms with Crippen LogP contribution in [0.2, 0.25) is 0 Å². The van der Waals surface area contributed by atoms with Crippen molar-refractivity contribution in [2.75, 3.05) is 6.61 Å². The zero-order valence-electron chi connectivity index (χ0n) is 14.9. The van der Waals surface area contributed by atoms with Crippen molar-refractivity contribution in [2.24, 2.45) is 11.8 Å². The summed E-state index contributed by atoms with van der Waals surface area (Å²) in [5, 5.41) is 0. The highest BCUT2D eigenvalue weighted by Crippen LogP contribution is 2.34. The van der Waals surface area contributed by atoms with E-state index in [1.54, 1.807) is 6.08 Å². The molecule has 0 unspecified atom stereocenters. The number of hydrogen-bond donors (Lipinski definition) is 0. The molecule has 0 radical (unpaired) electrons. The van der Waals surface area contributed by atoms with Crippen molar-refractivity contribution in [1.82, 2.24) is 0 Å². The summed E-state index contributed by atoms with van der Waals surface area (Å²) in [5.74, 6) is 2.93. The Labute approximate surface area is 143 Å². The topological polar surface area (TPSA) is 9.23 Å². The second kappa shape index (κ2) is 10.5. The van der Waals surface area contributed by atoms with Crippen molar-refractivity contribution in [1.29, 1.82) is 0 Å². The molecule has 2 rings (SSSR count). The van der Waals surface area contributed by atoms with Crippen LogP contribution in [0.5, 0.6) is 5.75 Å². The summed E-state index contributed by atoms with van der Waals surface area (Å²) in [4.78, 5) is 0. The summed E-state index contributed by atoms with van der Waals surface area (Å²) in [7, 11) is 0. The van der Waals surface area contributed by atoms with E-state index in [9.17, 15) is 0 Å². The fourth-order valence-corrected chi connectivity index (χ4v) is 3.77. The van der Waals surface area contributed by atoms with Crippen molar-refractivity contribution >= 4 is 0 Å². The molecule has 0 aromatic heterocycles. The highest BCUT2D eigenvalue weighted by molar-refractivity contribution is 5.27. The summed E-state index contributed by atoms with van der Waals surface area (Å²) in [6, 6.07) is 8.61. The zero-order chi connectivity index (χ0) is 16.3. The summed E-state index contributed by atoms with van der Waals surface area (Å²) in [6.07, 6.45) is 15.9. The molecule has 0 spiro atoms. The highest BCUT2D eigenvalue weighted by Gasteiger charge is 2.20. The standard InChI is InChI=1S/C22H34O/c1-3-5-6-7-19-8-10-20(11-9-19)12-13-21-14-16-22(17-15-21)23-18-4-2/h4,14-17,19-20H,2-3,5-13,18H2,1H3/t19-,20-. The fraction of sp³-hybridized carbons (Fsp3) is 0.636. The van der Waals surface area contributed by atoms with Gasteiger partial charge in [0.25, 0.3) is 0 Å². The van der Waals surface area contributed by atoms with Gasteiger partial charge < -0.3 is 4.74 Å². The lowest BCUT2D eigenvalue weighted by Gasteiger charge is -2.28. The van der Waals surface area contributed by atoms with E-state index >= 15 is 0 Å². The minimum atomic E-state index is 0.584. The van der Waals surface area contributed by atoms with Crippen LogP contribution in [0.3, 0.4) is 0 Å². The Morgan fingerprint density at radius 2 is 1.65 bits per heavy atom. The minimum Gasteiger partial charge on any atom is -0.490 e. The van der Waals surface area contributed by atoms with Crippen LogP contribution in [0.15, 0.2) is 36.9 Å². The Balaban J connectivity index is 1.64. The van der Waals surface area contributed by atoms with Gasteiger partial charge in [0.05, 0.1) is 0 Å². The number of hydrogen-bond acceptors (Lipinski definition) is 1. The highest BCUT2D eigenvalue weighted by atomic mass is 16.5. The monoisotopic (exact) mass is 314 g/mol. The van der Waals surface area contributed by atoms with E-state index in [0.717, 1.165) is 17.6 Å². The van der Waals surface area contributed by atoms with Crippen molar-refractivity contribution in [2.45, 2.75) is 71.1 Å². The zero-order valence-corrected chi connectivity index (χ0v) is 14.9. The van der Waals surface area contributed by atoms with Crippen LogP contribution in [-0.2, 0) is 6.42 Å². The Morgan fingerprint density at radius 1 is 1.00 bits per heavy atom. The Kier molecular flexibility index (Phi) is 8.28. The van der Waals surface area contributed by atoms with Gasteiger partial charge in [-0.1, -0.05) is 83.1 Å². The maximum Gasteiger partial charge on any atom is 0.119 e. The maximum absolute atomic E-state index is 5.54. The van der Waals surface area contributed by atoms with Gasteiger partial charge in [-0.15, -0.1) is 0 Å². The molecule has 0 atom stereocenters. The Hall–Kier alpha value is -1.24. The normalized spacial score (nSPS) is 21.1. The van der Waals surface area contributed by atoms with Crippen molar-refractivity contribution in [3.8, 4) is 5.75 Å². The number of unbranched alkanes of at least 4 members (excludes halogenated alkanes) is 2. The minimum absolute atomic E-state index is 0.584. The quantitative estimate of drug-likeness (QED) is 0.350. The lowest BCUT2D eigenvalue weighted by molar-refractivity contribution is 0.249. The van der Waals surface area contributed by atoms with Crippen LogP contribution in [0.25, 0.3) is 0 Å². The van der Waals surface area contributed by atoms with Crippen LogP contribution in [0.1, 0.15) is 70.3 Å². The van der Waals surface area contributed by atoms with Gasteiger partial charge in [-0.25, -0.2) is 0 Å². The Bertz CT molecular complexity index is 426. The molecule has 1 saturated carbocycles. The third-order valence-electron chi connectivity index (χ3n) is 5.31. The van der Waals surface area contributed by atoms with Crippen molar-refractivity contribution in [3.05, 3.63) is 42.5 Å². The van der Waals surface area contributed by atoms with Crippen LogP contribution >= 0.6 is 0 Å². The van der Waals surface area contributed by atoms with Gasteiger partial charge in [-0.2, -0.15) is 0 Å². The first-order valence-electron chi connectivity index (χ1n) is 9.64. The van der Waals surface area contributed by atoms with Gasteiger partial charge in [-0.3, -0.25) is 0 Å². The average Bonchev–Trinajstić information content (AvgIpc) is 2.60. The molecule has 1 nitrogen and oxygen atoms in total. The smallest absolute Gasteiger partial charge is 0.119 e. The van der Waals surface area contributed by atoms with Gasteiger partial charge in [0.15, 0.2) is 0 Å². The van der Waals surface area contributed by atoms with E-state index in [1.165, 1.54) is 69.8 Å². The van der Waals surface area contributed by atoms with E-state index in [-0.39, 0.29) is 0 Å². The summed E-state index contributed by atoms with van der Waals surface area (Å²) in [5.41, 5.74) is 1.45. The summed E-state index contributed by atoms with van der Waals surface area (Å²) < 4.78 is 5.54. The molecule has 23 heavy (non-hydrogen) atoms. The van der Waals surface area contributed by atoms with Gasteiger partial charge >= 0.3 is 0 Å². The molecule has 0 heterocycles. The first kappa shape index (κ1) is 18.1. The molecule has 0 N–H and O–H groups in total. The van der Waals surface area contributed by atoms with Crippen LogP contribution in [0, 0.1) is 11.8 Å². The molecular formula is C22H34O. The SMILES string of the molecule is C=CCOc1ccc(CC[C@H]2CC[C@H](CCCCC)CC2)cc1. The fourth-order valence-electron chi connectivity index (χ4n) is 3.77. The molecule has 0 aliphatic heterocycles. The largest absolute Gasteiger partial charge is 0.490 e. The van der Waals surface area contributed by atoms with E-state index in [4.69, 9.17) is 4.74 Å². The third kappa shape index (κ3) is 6.81. The van der Waals surface area contributed by atoms with E-state index in [1.807, 2.05) is 0 Å². The van der Waals surface area contributed by atoms with Gasteiger partial charge in [0.1, 0.15) is 12.4 Å². The van der Waals surface area contributed by atoms with E-state index < -0.39 is 0 Å². The molecule has 0 bridgehead atoms. The summed E-state index contributed by atoms with van der Waals surface area (Å²) >= 11 is 0. The van der Waals surface area contributed by atoms with Crippen molar-refractivity contribution < 1.29 is 4.74 Å². The van der Waals surface area contributed by atoms with Gasteiger partial charge in [0, 0.05) is 0 Å². The number of benzene rings is 1. The molecule has 1 aromatic carbocycles. The molecular weight excluding hydrogens is 280 g/mol. The molecule has 128 valence electrons. The second-order valence-electron chi connectivity index (χ2n) is 7.16. The predicted octanol–water partition coefficient (Wildman–Crippen LogP) is 6.57. The van der Waals surface area contributed by atoms with E-state index in [2.05, 4.69) is 37.8 Å². The van der Waals surface area contributed by atoms with Crippen molar-refractivity contribution in [3.63, 3.8) is 0 Å². The first-order valence-corrected chi connectivity index (χ1v) is 9.64. The summed E-state index contributed by atoms with van der Waals surface area (Å²) in [6.45, 7) is 6.56. The van der Waals surface area contributed by atoms with Crippen LogP contribution < -0.4 is 4.74 Å². The maximum atomic E-state index is 5.54. The third-order valence-corrected chi connectivity index (χ3v) is 5.31. The molecule has 1 aliphatic rings. The molecule has 0 saturated heterocycles. The average molecular weight is 315 g/mol. The number of rotatable bonds is 10. The van der Waals surface area contributed by atoms with Gasteiger partial charge in [0.2, 0.25) is 0 Å².